The van der Waals surface area contributed by atoms with Gasteiger partial charge in [-0.2, -0.15) is 0 Å². The minimum absolute atomic E-state index is 0.0548. The lowest BCUT2D eigenvalue weighted by molar-refractivity contribution is -0.165. The number of aliphatic imine (C=N–C) groups is 1. The molecule has 50 heavy (non-hydrogen) atoms. The molecular formula is C35H58N4O10Si. The van der Waals surface area contributed by atoms with Gasteiger partial charge in [-0.15, -0.1) is 0 Å². The second kappa shape index (κ2) is 16.0. The Balaban J connectivity index is 2.30. The van der Waals surface area contributed by atoms with Gasteiger partial charge in [-0.3, -0.25) is 0 Å². The zero-order chi connectivity index (χ0) is 38.5. The van der Waals surface area contributed by atoms with Gasteiger partial charge >= 0.3 is 24.2 Å². The Kier molecular flexibility index (Phi) is 13.5. The summed E-state index contributed by atoms with van der Waals surface area (Å²) in [4.78, 5) is 57.7. The number of amides is 3. The molecule has 2 N–H and O–H groups in total. The SMILES string of the molecule is CC(C)(C)OC(=O)NCCN(C(=O)OC(C)(C)C)C1=NC(c2ccc(OCC(O[Si](C)(C)C(C)(C)C)C(=O)OC(C)(C)C)cc2)CN1C(=O)O. The molecule has 2 unspecified atom stereocenters. The quantitative estimate of drug-likeness (QED) is 0.147. The molecule has 15 heteroatoms. The molecule has 0 radical (unpaired) electrons. The topological polar surface area (TPSA) is 166 Å². The molecule has 1 aliphatic heterocycles. The van der Waals surface area contributed by atoms with Crippen LogP contribution in [0.2, 0.25) is 18.1 Å². The van der Waals surface area contributed by atoms with Gasteiger partial charge in [0, 0.05) is 13.1 Å². The monoisotopic (exact) mass is 722 g/mol. The third kappa shape index (κ3) is 13.5. The fourth-order valence-electron chi connectivity index (χ4n) is 4.25. The Morgan fingerprint density at radius 2 is 1.44 bits per heavy atom. The number of carbonyl (C=O) groups is 4. The first-order chi connectivity index (χ1) is 22.6. The minimum atomic E-state index is -2.36. The third-order valence-electron chi connectivity index (χ3n) is 7.54. The van der Waals surface area contributed by atoms with Crippen molar-refractivity contribution in [1.29, 1.82) is 0 Å². The molecule has 14 nitrogen and oxygen atoms in total. The lowest BCUT2D eigenvalue weighted by Crippen LogP contribution is -2.51. The number of nitrogens with zero attached hydrogens (tertiary/aromatic N) is 3. The van der Waals surface area contributed by atoms with E-state index in [2.05, 4.69) is 44.2 Å². The second-order valence-corrected chi connectivity index (χ2v) is 21.4. The summed E-state index contributed by atoms with van der Waals surface area (Å²) >= 11 is 0. The normalized spacial score (nSPS) is 16.2. The Bertz CT molecular complexity index is 1390. The van der Waals surface area contributed by atoms with Crippen molar-refractivity contribution < 1.29 is 47.7 Å². The van der Waals surface area contributed by atoms with Gasteiger partial charge in [-0.1, -0.05) is 32.9 Å². The summed E-state index contributed by atoms with van der Waals surface area (Å²) in [5.74, 6) is -0.176. The molecule has 0 saturated heterocycles. The van der Waals surface area contributed by atoms with E-state index in [0.717, 1.165) is 9.80 Å². The Morgan fingerprint density at radius 3 is 1.92 bits per heavy atom. The standard InChI is InChI=1S/C35H58N4O10Si/c1-32(2,3)46-27(40)26(49-50(13,14)35(10,11)12)22-45-24-17-15-23(16-18-24)25-21-39(30(42)43)28(37-25)38(31(44)48-34(7,8)9)20-19-36-29(41)47-33(4,5)6/h15-18,25-26H,19-22H2,1-14H3,(H,36,41)(H,42,43). The number of guanidine groups is 1. The maximum Gasteiger partial charge on any atom is 0.417 e. The number of hydrogen-bond acceptors (Lipinski definition) is 10. The number of alkyl carbamates (subject to hydrolysis) is 1. The van der Waals surface area contributed by atoms with Crippen LogP contribution in [-0.4, -0.2) is 103 Å². The average molecular weight is 723 g/mol. The van der Waals surface area contributed by atoms with Crippen LogP contribution in [0.4, 0.5) is 14.4 Å². The van der Waals surface area contributed by atoms with E-state index in [9.17, 15) is 24.3 Å². The Labute approximate surface area is 297 Å². The molecule has 0 aromatic heterocycles. The molecule has 1 aromatic carbocycles. The smallest absolute Gasteiger partial charge is 0.417 e. The minimum Gasteiger partial charge on any atom is -0.490 e. The van der Waals surface area contributed by atoms with Gasteiger partial charge in [0.2, 0.25) is 5.96 Å². The number of rotatable bonds is 10. The number of nitrogens with one attached hydrogen (secondary N) is 1. The van der Waals surface area contributed by atoms with Crippen LogP contribution in [0, 0.1) is 0 Å². The highest BCUT2D eigenvalue weighted by atomic mass is 28.4. The first-order valence-electron chi connectivity index (χ1n) is 16.8. The van der Waals surface area contributed by atoms with Crippen LogP contribution in [0.5, 0.6) is 5.75 Å². The van der Waals surface area contributed by atoms with Crippen LogP contribution in [0.1, 0.15) is 94.7 Å². The molecule has 1 heterocycles. The van der Waals surface area contributed by atoms with Gasteiger partial charge in [0.15, 0.2) is 14.4 Å². The van der Waals surface area contributed by atoms with E-state index >= 15 is 0 Å². The summed E-state index contributed by atoms with van der Waals surface area (Å²) in [7, 11) is -2.36. The van der Waals surface area contributed by atoms with Crippen molar-refractivity contribution in [2.24, 2.45) is 4.99 Å². The van der Waals surface area contributed by atoms with Crippen molar-refractivity contribution in [2.75, 3.05) is 26.2 Å². The number of carbonyl (C=O) groups excluding carboxylic acids is 3. The highest BCUT2D eigenvalue weighted by molar-refractivity contribution is 6.74. The number of benzene rings is 1. The fourth-order valence-corrected chi connectivity index (χ4v) is 5.47. The molecule has 2 atom stereocenters. The zero-order valence-corrected chi connectivity index (χ0v) is 33.3. The first kappa shape index (κ1) is 42.3. The first-order valence-corrected chi connectivity index (χ1v) is 19.7. The van der Waals surface area contributed by atoms with Crippen molar-refractivity contribution in [2.45, 2.75) is 130 Å². The average Bonchev–Trinajstić information content (AvgIpc) is 3.35. The predicted molar refractivity (Wildman–Crippen MR) is 192 cm³/mol. The van der Waals surface area contributed by atoms with Crippen LogP contribution < -0.4 is 10.1 Å². The summed E-state index contributed by atoms with van der Waals surface area (Å²) < 4.78 is 28.9. The molecule has 0 aliphatic carbocycles. The van der Waals surface area contributed by atoms with E-state index in [-0.39, 0.29) is 37.2 Å². The van der Waals surface area contributed by atoms with Crippen LogP contribution in [0.3, 0.4) is 0 Å². The van der Waals surface area contributed by atoms with Crippen molar-refractivity contribution in [1.82, 2.24) is 15.1 Å². The molecule has 1 aliphatic rings. The molecule has 0 bridgehead atoms. The number of ether oxygens (including phenoxy) is 4. The maximum atomic E-state index is 13.3. The van der Waals surface area contributed by atoms with Crippen molar-refractivity contribution >= 4 is 38.5 Å². The number of carboxylic acid groups (broad SMARTS) is 1. The number of hydrogen-bond donors (Lipinski definition) is 2. The summed E-state index contributed by atoms with van der Waals surface area (Å²) in [5.41, 5.74) is -1.65. The molecular weight excluding hydrogens is 664 g/mol. The predicted octanol–water partition coefficient (Wildman–Crippen LogP) is 6.95. The molecule has 282 valence electrons. The highest BCUT2D eigenvalue weighted by Gasteiger charge is 2.42. The van der Waals surface area contributed by atoms with Crippen molar-refractivity contribution in [3.05, 3.63) is 29.8 Å². The van der Waals surface area contributed by atoms with Crippen LogP contribution in [-0.2, 0) is 23.4 Å². The summed E-state index contributed by atoms with van der Waals surface area (Å²) in [6, 6.07) is 6.22. The van der Waals surface area contributed by atoms with E-state index in [1.165, 1.54) is 0 Å². The zero-order valence-electron chi connectivity index (χ0n) is 32.3. The van der Waals surface area contributed by atoms with E-state index in [1.54, 1.807) is 86.6 Å². The fraction of sp³-hybridized carbons (Fsp3) is 0.686. The third-order valence-corrected chi connectivity index (χ3v) is 12.0. The lowest BCUT2D eigenvalue weighted by atomic mass is 10.1. The van der Waals surface area contributed by atoms with E-state index in [0.29, 0.717) is 11.3 Å². The molecule has 0 spiro atoms. The molecule has 2 rings (SSSR count). The van der Waals surface area contributed by atoms with E-state index < -0.39 is 61.5 Å². The van der Waals surface area contributed by atoms with Gasteiger partial charge in [0.1, 0.15) is 29.2 Å². The molecule has 0 fully saturated rings. The Morgan fingerprint density at radius 1 is 0.900 bits per heavy atom. The lowest BCUT2D eigenvalue weighted by Gasteiger charge is -2.39. The van der Waals surface area contributed by atoms with E-state index in [4.69, 9.17) is 23.4 Å². The van der Waals surface area contributed by atoms with Gasteiger partial charge in [-0.25, -0.2) is 34.0 Å². The van der Waals surface area contributed by atoms with Gasteiger partial charge in [-0.05, 0) is 98.1 Å². The maximum absolute atomic E-state index is 13.3. The Hall–Kier alpha value is -3.85. The summed E-state index contributed by atoms with van der Waals surface area (Å²) in [5, 5.41) is 12.5. The second-order valence-electron chi connectivity index (χ2n) is 16.7. The van der Waals surface area contributed by atoms with Crippen LogP contribution in [0.25, 0.3) is 0 Å². The molecule has 3 amide bonds. The van der Waals surface area contributed by atoms with Crippen molar-refractivity contribution in [3.63, 3.8) is 0 Å². The van der Waals surface area contributed by atoms with Crippen LogP contribution >= 0.6 is 0 Å². The van der Waals surface area contributed by atoms with Gasteiger partial charge in [0.25, 0.3) is 0 Å². The van der Waals surface area contributed by atoms with Gasteiger partial charge in [0.05, 0.1) is 12.6 Å². The largest absolute Gasteiger partial charge is 0.490 e. The molecule has 1 aromatic rings. The highest BCUT2D eigenvalue weighted by Crippen LogP contribution is 2.38. The van der Waals surface area contributed by atoms with E-state index in [1.807, 2.05) is 0 Å². The van der Waals surface area contributed by atoms with Gasteiger partial charge < -0.3 is 33.8 Å². The summed E-state index contributed by atoms with van der Waals surface area (Å²) in [6.45, 7) is 25.7. The summed E-state index contributed by atoms with van der Waals surface area (Å²) in [6.07, 6.45) is -3.76. The van der Waals surface area contributed by atoms with Crippen molar-refractivity contribution in [3.8, 4) is 5.75 Å². The molecule has 0 saturated carbocycles. The number of esters is 1. The van der Waals surface area contributed by atoms with Crippen LogP contribution in [0.15, 0.2) is 29.3 Å².